The van der Waals surface area contributed by atoms with Gasteiger partial charge in [0.15, 0.2) is 0 Å². The van der Waals surface area contributed by atoms with Crippen LogP contribution in [0.15, 0.2) is 53.3 Å². The van der Waals surface area contributed by atoms with Crippen LogP contribution in [0.5, 0.6) is 0 Å². The molecular weight excluding hydrogens is 511 g/mol. The van der Waals surface area contributed by atoms with Crippen molar-refractivity contribution in [1.82, 2.24) is 13.7 Å². The van der Waals surface area contributed by atoms with Gasteiger partial charge in [0.05, 0.1) is 23.1 Å². The third kappa shape index (κ3) is 5.33. The van der Waals surface area contributed by atoms with Gasteiger partial charge in [-0.05, 0) is 49.6 Å². The average molecular weight is 537 g/mol. The van der Waals surface area contributed by atoms with Gasteiger partial charge in [-0.3, -0.25) is 14.3 Å². The molecule has 1 saturated heterocycles. The molecule has 1 amide bonds. The molecule has 1 aliphatic rings. The van der Waals surface area contributed by atoms with Crippen molar-refractivity contribution in [1.29, 1.82) is 0 Å². The third-order valence-corrected chi connectivity index (χ3v) is 8.68. The maximum Gasteiger partial charge on any atom is 0.295 e. The fraction of sp³-hybridized carbons (Fsp3) is 0.333. The van der Waals surface area contributed by atoms with Gasteiger partial charge in [0.1, 0.15) is 5.69 Å². The number of piperidine rings is 1. The first-order valence-corrected chi connectivity index (χ1v) is 13.5. The highest BCUT2D eigenvalue weighted by Gasteiger charge is 2.33. The van der Waals surface area contributed by atoms with E-state index in [9.17, 15) is 18.0 Å². The third-order valence-electron chi connectivity index (χ3n) is 6.30. The molecule has 0 saturated carbocycles. The molecule has 0 bridgehead atoms. The van der Waals surface area contributed by atoms with Crippen LogP contribution in [0.2, 0.25) is 10.0 Å². The molecule has 35 heavy (non-hydrogen) atoms. The van der Waals surface area contributed by atoms with Crippen LogP contribution in [0.25, 0.3) is 5.69 Å². The van der Waals surface area contributed by atoms with Gasteiger partial charge in [-0.15, -0.1) is 0 Å². The zero-order chi connectivity index (χ0) is 25.3. The molecule has 0 aliphatic carbocycles. The zero-order valence-corrected chi connectivity index (χ0v) is 21.7. The van der Waals surface area contributed by atoms with Gasteiger partial charge in [0, 0.05) is 30.2 Å². The molecule has 0 spiro atoms. The van der Waals surface area contributed by atoms with Crippen LogP contribution >= 0.6 is 23.2 Å². The van der Waals surface area contributed by atoms with Crippen molar-refractivity contribution in [3.63, 3.8) is 0 Å². The number of amides is 1. The number of para-hydroxylation sites is 1. The quantitative estimate of drug-likeness (QED) is 0.515. The van der Waals surface area contributed by atoms with Crippen molar-refractivity contribution < 1.29 is 13.2 Å². The summed E-state index contributed by atoms with van der Waals surface area (Å²) in [5, 5.41) is 3.47. The first-order valence-electron chi connectivity index (χ1n) is 11.1. The molecule has 0 unspecified atom stereocenters. The first-order chi connectivity index (χ1) is 16.6. The number of aromatic nitrogens is 2. The highest BCUT2D eigenvalue weighted by molar-refractivity contribution is 7.88. The van der Waals surface area contributed by atoms with Gasteiger partial charge < -0.3 is 5.32 Å². The predicted molar refractivity (Wildman–Crippen MR) is 138 cm³/mol. The number of anilines is 1. The molecule has 4 rings (SSSR count). The number of nitrogens with zero attached hydrogens (tertiary/aromatic N) is 3. The Morgan fingerprint density at radius 2 is 1.86 bits per heavy atom. The molecule has 1 aliphatic heterocycles. The van der Waals surface area contributed by atoms with E-state index < -0.39 is 15.9 Å². The lowest BCUT2D eigenvalue weighted by Crippen LogP contribution is -2.44. The van der Waals surface area contributed by atoms with Crippen LogP contribution in [0.1, 0.15) is 24.1 Å². The average Bonchev–Trinajstić information content (AvgIpc) is 3.04. The van der Waals surface area contributed by atoms with Crippen LogP contribution in [-0.4, -0.2) is 41.1 Å². The second-order valence-corrected chi connectivity index (χ2v) is 11.4. The number of sulfonamides is 1. The molecule has 8 nitrogen and oxygen atoms in total. The summed E-state index contributed by atoms with van der Waals surface area (Å²) in [5.41, 5.74) is 1.57. The van der Waals surface area contributed by atoms with Gasteiger partial charge >= 0.3 is 0 Å². The molecule has 1 atom stereocenters. The first kappa shape index (κ1) is 25.5. The summed E-state index contributed by atoms with van der Waals surface area (Å²) in [5.74, 6) is -1.24. The van der Waals surface area contributed by atoms with Crippen LogP contribution in [-0.2, 0) is 27.6 Å². The monoisotopic (exact) mass is 536 g/mol. The van der Waals surface area contributed by atoms with Gasteiger partial charge in [0.25, 0.3) is 5.56 Å². The van der Waals surface area contributed by atoms with E-state index in [0.29, 0.717) is 41.4 Å². The fourth-order valence-electron chi connectivity index (χ4n) is 4.27. The largest absolute Gasteiger partial charge is 0.320 e. The summed E-state index contributed by atoms with van der Waals surface area (Å²) in [6, 6.07) is 13.8. The smallest absolute Gasteiger partial charge is 0.295 e. The van der Waals surface area contributed by atoms with E-state index in [2.05, 4.69) is 5.32 Å². The summed E-state index contributed by atoms with van der Waals surface area (Å²) in [7, 11) is -1.96. The number of carbonyl (C=O) groups is 1. The van der Waals surface area contributed by atoms with Crippen LogP contribution in [0.3, 0.4) is 0 Å². The van der Waals surface area contributed by atoms with E-state index >= 15 is 0 Å². The Bertz CT molecular complexity index is 1420. The number of nitrogens with one attached hydrogen (secondary N) is 1. The summed E-state index contributed by atoms with van der Waals surface area (Å²) in [6.45, 7) is 2.12. The van der Waals surface area contributed by atoms with E-state index in [-0.39, 0.29) is 34.5 Å². The maximum absolute atomic E-state index is 13.1. The maximum atomic E-state index is 13.1. The Balaban J connectivity index is 1.51. The normalized spacial score (nSPS) is 16.9. The lowest BCUT2D eigenvalue weighted by Gasteiger charge is -2.31. The minimum atomic E-state index is -3.71. The second-order valence-electron chi connectivity index (χ2n) is 8.61. The van der Waals surface area contributed by atoms with Crippen molar-refractivity contribution >= 4 is 44.8 Å². The Morgan fingerprint density at radius 3 is 2.54 bits per heavy atom. The molecular formula is C24H26Cl2N4O4S. The highest BCUT2D eigenvalue weighted by Crippen LogP contribution is 2.27. The Kier molecular flexibility index (Phi) is 7.42. The van der Waals surface area contributed by atoms with Gasteiger partial charge in [-0.1, -0.05) is 47.5 Å². The molecule has 1 aromatic heterocycles. The van der Waals surface area contributed by atoms with Crippen LogP contribution < -0.4 is 10.9 Å². The van der Waals surface area contributed by atoms with E-state index in [0.717, 1.165) is 0 Å². The molecule has 0 radical (unpaired) electrons. The SMILES string of the molecule is Cc1c(NC(=O)[C@H]2CCCN(S(=O)(=O)Cc3ccc(Cl)cc3Cl)C2)c(=O)n(-c2ccccc2)n1C. The standard InChI is InChI=1S/C24H26Cl2N4O4S/c1-16-22(24(32)30(28(16)2)20-8-4-3-5-9-20)27-23(31)17-7-6-12-29(14-17)35(33,34)15-18-10-11-19(25)13-21(18)26/h3-5,8-11,13,17H,6-7,12,14-15H2,1-2H3,(H,27,31)/t17-/m0/s1. The Hall–Kier alpha value is -2.59. The highest BCUT2D eigenvalue weighted by atomic mass is 35.5. The van der Waals surface area contributed by atoms with Crippen molar-refractivity contribution in [3.8, 4) is 5.69 Å². The number of rotatable bonds is 6. The molecule has 2 aromatic carbocycles. The van der Waals surface area contributed by atoms with E-state index in [1.165, 1.54) is 15.1 Å². The van der Waals surface area contributed by atoms with Crippen LogP contribution in [0.4, 0.5) is 5.69 Å². The van der Waals surface area contributed by atoms with E-state index in [1.54, 1.807) is 30.8 Å². The summed E-state index contributed by atoms with van der Waals surface area (Å²) >= 11 is 12.1. The molecule has 186 valence electrons. The topological polar surface area (TPSA) is 93.4 Å². The van der Waals surface area contributed by atoms with E-state index in [4.69, 9.17) is 23.2 Å². The van der Waals surface area contributed by atoms with Crippen molar-refractivity contribution in [3.05, 3.63) is 80.2 Å². The second kappa shape index (κ2) is 10.2. The summed E-state index contributed by atoms with van der Waals surface area (Å²) < 4.78 is 30.6. The number of benzene rings is 2. The number of hydrogen-bond acceptors (Lipinski definition) is 4. The lowest BCUT2D eigenvalue weighted by molar-refractivity contribution is -0.120. The minimum absolute atomic E-state index is 0.0398. The lowest BCUT2D eigenvalue weighted by atomic mass is 9.99. The summed E-state index contributed by atoms with van der Waals surface area (Å²) in [4.78, 5) is 26.2. The van der Waals surface area contributed by atoms with Crippen LogP contribution in [0, 0.1) is 12.8 Å². The van der Waals surface area contributed by atoms with Crippen molar-refractivity contribution in [2.45, 2.75) is 25.5 Å². The number of halogens is 2. The van der Waals surface area contributed by atoms with Gasteiger partial charge in [-0.2, -0.15) is 0 Å². The fourth-order valence-corrected chi connectivity index (χ4v) is 6.47. The van der Waals surface area contributed by atoms with Gasteiger partial charge in [-0.25, -0.2) is 17.4 Å². The summed E-state index contributed by atoms with van der Waals surface area (Å²) in [6.07, 6.45) is 1.06. The minimum Gasteiger partial charge on any atom is -0.320 e. The number of carbonyl (C=O) groups excluding carboxylic acids is 1. The molecule has 2 heterocycles. The van der Waals surface area contributed by atoms with Gasteiger partial charge in [0.2, 0.25) is 15.9 Å². The molecule has 3 aromatic rings. The van der Waals surface area contributed by atoms with Crippen molar-refractivity contribution in [2.75, 3.05) is 18.4 Å². The zero-order valence-electron chi connectivity index (χ0n) is 19.4. The Morgan fingerprint density at radius 1 is 1.14 bits per heavy atom. The molecule has 11 heteroatoms. The molecule has 1 fully saturated rings. The van der Waals surface area contributed by atoms with Crippen molar-refractivity contribution in [2.24, 2.45) is 13.0 Å². The van der Waals surface area contributed by atoms with E-state index in [1.807, 2.05) is 30.3 Å². The molecule has 1 N–H and O–H groups in total. The Labute approximate surface area is 214 Å². The number of hydrogen-bond donors (Lipinski definition) is 1. The predicted octanol–water partition coefficient (Wildman–Crippen LogP) is 3.97.